The molecular formula is C13H13FN2O2. The second kappa shape index (κ2) is 5.44. The molecule has 0 atom stereocenters. The van der Waals surface area contributed by atoms with Crippen molar-refractivity contribution in [2.24, 2.45) is 0 Å². The van der Waals surface area contributed by atoms with Gasteiger partial charge in [0.2, 0.25) is 5.91 Å². The molecule has 1 heterocycles. The lowest BCUT2D eigenvalue weighted by Crippen LogP contribution is -2.24. The predicted octanol–water partition coefficient (Wildman–Crippen LogP) is 1.98. The number of aryl methyl sites for hydroxylation is 1. The third-order valence-corrected chi connectivity index (χ3v) is 2.42. The fourth-order valence-electron chi connectivity index (χ4n) is 1.54. The van der Waals surface area contributed by atoms with Crippen molar-refractivity contribution in [1.82, 2.24) is 10.5 Å². The average molecular weight is 248 g/mol. The minimum absolute atomic E-state index is 0.137. The summed E-state index contributed by atoms with van der Waals surface area (Å²) >= 11 is 0. The molecule has 2 aromatic rings. The molecule has 0 fully saturated rings. The van der Waals surface area contributed by atoms with Crippen LogP contribution in [0.25, 0.3) is 0 Å². The highest BCUT2D eigenvalue weighted by Crippen LogP contribution is 2.04. The van der Waals surface area contributed by atoms with E-state index >= 15 is 0 Å². The van der Waals surface area contributed by atoms with Crippen LogP contribution < -0.4 is 5.32 Å². The van der Waals surface area contributed by atoms with E-state index in [4.69, 9.17) is 4.52 Å². The van der Waals surface area contributed by atoms with Crippen molar-refractivity contribution in [3.05, 3.63) is 53.2 Å². The first kappa shape index (κ1) is 12.3. The van der Waals surface area contributed by atoms with Gasteiger partial charge < -0.3 is 9.84 Å². The third kappa shape index (κ3) is 3.41. The summed E-state index contributed by atoms with van der Waals surface area (Å²) in [5.41, 5.74) is 1.45. The van der Waals surface area contributed by atoms with Gasteiger partial charge in [-0.1, -0.05) is 17.3 Å². The lowest BCUT2D eigenvalue weighted by atomic mass is 10.1. The summed E-state index contributed by atoms with van der Waals surface area (Å²) in [6.07, 6.45) is 0.219. The second-order valence-corrected chi connectivity index (χ2v) is 4.01. The number of rotatable bonds is 4. The van der Waals surface area contributed by atoms with Gasteiger partial charge in [-0.2, -0.15) is 0 Å². The standard InChI is InChI=1S/C13H13FN2O2/c1-9-6-12(16-18-9)8-15-13(17)7-10-2-4-11(14)5-3-10/h2-6H,7-8H2,1H3,(H,15,17). The van der Waals surface area contributed by atoms with Crippen LogP contribution in [-0.2, 0) is 17.8 Å². The van der Waals surface area contributed by atoms with Crippen LogP contribution in [0.15, 0.2) is 34.9 Å². The Bertz CT molecular complexity index is 534. The molecule has 1 N–H and O–H groups in total. The van der Waals surface area contributed by atoms with Crippen LogP contribution in [0.5, 0.6) is 0 Å². The first-order valence-electron chi connectivity index (χ1n) is 5.57. The van der Waals surface area contributed by atoms with Crippen LogP contribution >= 0.6 is 0 Å². The van der Waals surface area contributed by atoms with E-state index in [2.05, 4.69) is 10.5 Å². The van der Waals surface area contributed by atoms with Gasteiger partial charge in [-0.3, -0.25) is 4.79 Å². The Morgan fingerprint density at radius 2 is 2.11 bits per heavy atom. The van der Waals surface area contributed by atoms with Crippen molar-refractivity contribution in [3.8, 4) is 0 Å². The molecule has 1 amide bonds. The number of halogens is 1. The van der Waals surface area contributed by atoms with E-state index < -0.39 is 0 Å². The van der Waals surface area contributed by atoms with Gasteiger partial charge in [0.25, 0.3) is 0 Å². The molecule has 0 aliphatic carbocycles. The molecule has 0 radical (unpaired) electrons. The number of nitrogens with one attached hydrogen (secondary N) is 1. The highest BCUT2D eigenvalue weighted by atomic mass is 19.1. The summed E-state index contributed by atoms with van der Waals surface area (Å²) in [4.78, 5) is 11.6. The normalized spacial score (nSPS) is 10.3. The van der Waals surface area contributed by atoms with E-state index in [1.165, 1.54) is 12.1 Å². The Kier molecular flexibility index (Phi) is 3.72. The van der Waals surface area contributed by atoms with Crippen molar-refractivity contribution in [3.63, 3.8) is 0 Å². The Morgan fingerprint density at radius 1 is 1.39 bits per heavy atom. The number of aromatic nitrogens is 1. The molecule has 0 unspecified atom stereocenters. The molecule has 1 aromatic carbocycles. The van der Waals surface area contributed by atoms with E-state index in [0.717, 1.165) is 5.56 Å². The number of nitrogens with zero attached hydrogens (tertiary/aromatic N) is 1. The minimum atomic E-state index is -0.308. The maximum Gasteiger partial charge on any atom is 0.224 e. The molecule has 2 rings (SSSR count). The first-order valence-corrected chi connectivity index (χ1v) is 5.57. The minimum Gasteiger partial charge on any atom is -0.361 e. The van der Waals surface area contributed by atoms with Gasteiger partial charge in [0.05, 0.1) is 13.0 Å². The smallest absolute Gasteiger partial charge is 0.224 e. The molecule has 0 aliphatic rings. The average Bonchev–Trinajstić information content (AvgIpc) is 2.76. The summed E-state index contributed by atoms with van der Waals surface area (Å²) in [5.74, 6) is 0.261. The molecule has 0 spiro atoms. The second-order valence-electron chi connectivity index (χ2n) is 4.01. The number of amides is 1. The van der Waals surface area contributed by atoms with E-state index in [1.807, 2.05) is 0 Å². The summed E-state index contributed by atoms with van der Waals surface area (Å²) in [6, 6.07) is 7.62. The molecule has 1 aromatic heterocycles. The Hall–Kier alpha value is -2.17. The van der Waals surface area contributed by atoms with Crippen LogP contribution in [0.4, 0.5) is 4.39 Å². The van der Waals surface area contributed by atoms with Gasteiger partial charge >= 0.3 is 0 Å². The summed E-state index contributed by atoms with van der Waals surface area (Å²) in [6.45, 7) is 2.12. The van der Waals surface area contributed by atoms with E-state index in [0.29, 0.717) is 18.0 Å². The Balaban J connectivity index is 1.83. The van der Waals surface area contributed by atoms with Gasteiger partial charge in [0.15, 0.2) is 0 Å². The molecular weight excluding hydrogens is 235 g/mol. The van der Waals surface area contributed by atoms with Crippen LogP contribution in [0.3, 0.4) is 0 Å². The molecule has 94 valence electrons. The van der Waals surface area contributed by atoms with Crippen molar-refractivity contribution < 1.29 is 13.7 Å². The van der Waals surface area contributed by atoms with Crippen molar-refractivity contribution in [2.75, 3.05) is 0 Å². The summed E-state index contributed by atoms with van der Waals surface area (Å²) in [7, 11) is 0. The number of carbonyl (C=O) groups is 1. The first-order chi connectivity index (χ1) is 8.63. The van der Waals surface area contributed by atoms with Crippen molar-refractivity contribution >= 4 is 5.91 Å². The molecule has 0 aliphatic heterocycles. The lowest BCUT2D eigenvalue weighted by molar-refractivity contribution is -0.120. The topological polar surface area (TPSA) is 55.1 Å². The quantitative estimate of drug-likeness (QED) is 0.900. The zero-order chi connectivity index (χ0) is 13.0. The fraction of sp³-hybridized carbons (Fsp3) is 0.231. The van der Waals surface area contributed by atoms with Crippen LogP contribution in [-0.4, -0.2) is 11.1 Å². The fourth-order valence-corrected chi connectivity index (χ4v) is 1.54. The van der Waals surface area contributed by atoms with E-state index in [-0.39, 0.29) is 18.1 Å². The third-order valence-electron chi connectivity index (χ3n) is 2.42. The molecule has 0 saturated heterocycles. The highest BCUT2D eigenvalue weighted by Gasteiger charge is 2.05. The lowest BCUT2D eigenvalue weighted by Gasteiger charge is -2.03. The number of hydrogen-bond acceptors (Lipinski definition) is 3. The van der Waals surface area contributed by atoms with Crippen LogP contribution in [0.2, 0.25) is 0 Å². The molecule has 4 nitrogen and oxygen atoms in total. The number of benzene rings is 1. The maximum absolute atomic E-state index is 12.7. The SMILES string of the molecule is Cc1cc(CNC(=O)Cc2ccc(F)cc2)no1. The van der Waals surface area contributed by atoms with Gasteiger partial charge in [-0.25, -0.2) is 4.39 Å². The molecule has 18 heavy (non-hydrogen) atoms. The summed E-state index contributed by atoms with van der Waals surface area (Å²) < 4.78 is 17.6. The van der Waals surface area contributed by atoms with Gasteiger partial charge in [-0.15, -0.1) is 0 Å². The highest BCUT2D eigenvalue weighted by molar-refractivity contribution is 5.78. The molecule has 0 saturated carbocycles. The number of hydrogen-bond donors (Lipinski definition) is 1. The van der Waals surface area contributed by atoms with Crippen molar-refractivity contribution in [1.29, 1.82) is 0 Å². The van der Waals surface area contributed by atoms with Crippen LogP contribution in [0.1, 0.15) is 17.0 Å². The molecule has 0 bridgehead atoms. The zero-order valence-corrected chi connectivity index (χ0v) is 9.94. The van der Waals surface area contributed by atoms with E-state index in [1.54, 1.807) is 25.1 Å². The van der Waals surface area contributed by atoms with Crippen LogP contribution in [0, 0.1) is 12.7 Å². The number of carbonyl (C=O) groups excluding carboxylic acids is 1. The van der Waals surface area contributed by atoms with Gasteiger partial charge in [0, 0.05) is 6.07 Å². The predicted molar refractivity (Wildman–Crippen MR) is 63.2 cm³/mol. The largest absolute Gasteiger partial charge is 0.361 e. The zero-order valence-electron chi connectivity index (χ0n) is 9.94. The Morgan fingerprint density at radius 3 is 2.72 bits per heavy atom. The monoisotopic (exact) mass is 248 g/mol. The Labute approximate surface area is 104 Å². The van der Waals surface area contributed by atoms with Crippen molar-refractivity contribution in [2.45, 2.75) is 19.9 Å². The van der Waals surface area contributed by atoms with Gasteiger partial charge in [-0.05, 0) is 24.6 Å². The summed E-state index contributed by atoms with van der Waals surface area (Å²) in [5, 5.41) is 6.49. The molecule has 5 heteroatoms. The van der Waals surface area contributed by atoms with Gasteiger partial charge in [0.1, 0.15) is 17.3 Å². The maximum atomic E-state index is 12.7. The van der Waals surface area contributed by atoms with E-state index in [9.17, 15) is 9.18 Å².